The van der Waals surface area contributed by atoms with Crippen molar-refractivity contribution in [1.29, 1.82) is 0 Å². The molecule has 74 valence electrons. The van der Waals surface area contributed by atoms with Crippen molar-refractivity contribution in [3.63, 3.8) is 0 Å². The van der Waals surface area contributed by atoms with Gasteiger partial charge in [-0.1, -0.05) is 29.8 Å². The van der Waals surface area contributed by atoms with Crippen LogP contribution >= 0.6 is 0 Å². The molecule has 1 aromatic carbocycles. The third-order valence-corrected chi connectivity index (χ3v) is 1.86. The first-order valence-electron chi connectivity index (χ1n) is 4.14. The average Bonchev–Trinajstić information content (AvgIpc) is 2.13. The van der Waals surface area contributed by atoms with Crippen LogP contribution in [0.25, 0.3) is 0 Å². The molecule has 14 heavy (non-hydrogen) atoms. The molecule has 2 N–H and O–H groups in total. The van der Waals surface area contributed by atoms with Crippen LogP contribution in [0, 0.1) is 6.92 Å². The Hall–Kier alpha value is -1.84. The van der Waals surface area contributed by atoms with Crippen LogP contribution in [0.1, 0.15) is 17.2 Å². The van der Waals surface area contributed by atoms with Crippen molar-refractivity contribution >= 4 is 12.4 Å². The fraction of sp³-hybridized carbons (Fsp3) is 0.200. The molecule has 1 atom stereocenters. The first-order valence-corrected chi connectivity index (χ1v) is 4.14. The molecule has 0 saturated heterocycles. The number of aliphatic carboxylic acids is 1. The van der Waals surface area contributed by atoms with E-state index in [4.69, 9.17) is 5.11 Å². The minimum atomic E-state index is -1.07. The average molecular weight is 193 g/mol. The van der Waals surface area contributed by atoms with E-state index in [1.54, 1.807) is 18.2 Å². The van der Waals surface area contributed by atoms with Gasteiger partial charge in [-0.05, 0) is 12.5 Å². The van der Waals surface area contributed by atoms with Crippen LogP contribution < -0.4 is 5.32 Å². The van der Waals surface area contributed by atoms with Gasteiger partial charge in [0.25, 0.3) is 0 Å². The first-order chi connectivity index (χ1) is 6.65. The summed E-state index contributed by atoms with van der Waals surface area (Å²) < 4.78 is 0. The summed E-state index contributed by atoms with van der Waals surface area (Å²) >= 11 is 0. The molecule has 1 rings (SSSR count). The number of carboxylic acids is 1. The number of nitrogens with one attached hydrogen (secondary N) is 1. The Bertz CT molecular complexity index is 349. The van der Waals surface area contributed by atoms with Gasteiger partial charge in [-0.25, -0.2) is 4.79 Å². The van der Waals surface area contributed by atoms with Crippen LogP contribution in [0.2, 0.25) is 0 Å². The van der Waals surface area contributed by atoms with Crippen LogP contribution in [0.15, 0.2) is 24.3 Å². The molecule has 4 nitrogen and oxygen atoms in total. The Kier molecular flexibility index (Phi) is 3.23. The SMILES string of the molecule is Cc1cccc(C(NC=O)C(=O)O)c1. The molecule has 0 aliphatic heterocycles. The lowest BCUT2D eigenvalue weighted by molar-refractivity contribution is -0.140. The van der Waals surface area contributed by atoms with E-state index in [0.29, 0.717) is 12.0 Å². The smallest absolute Gasteiger partial charge is 0.330 e. The molecule has 0 spiro atoms. The highest BCUT2D eigenvalue weighted by Crippen LogP contribution is 2.13. The molecule has 0 fully saturated rings. The number of carbonyl (C=O) groups excluding carboxylic acids is 1. The van der Waals surface area contributed by atoms with Crippen LogP contribution in [0.5, 0.6) is 0 Å². The number of amides is 1. The maximum Gasteiger partial charge on any atom is 0.330 e. The molecule has 0 aromatic heterocycles. The zero-order valence-electron chi connectivity index (χ0n) is 7.73. The standard InChI is InChI=1S/C10H11NO3/c1-7-3-2-4-8(5-7)9(10(13)14)11-6-12/h2-6,9H,1H3,(H,11,12)(H,13,14). The van der Waals surface area contributed by atoms with E-state index < -0.39 is 12.0 Å². The molecule has 0 aliphatic rings. The minimum absolute atomic E-state index is 0.390. The topological polar surface area (TPSA) is 66.4 Å². The van der Waals surface area contributed by atoms with Gasteiger partial charge in [-0.3, -0.25) is 4.79 Å². The number of hydrogen-bond donors (Lipinski definition) is 2. The first kappa shape index (κ1) is 10.2. The highest BCUT2D eigenvalue weighted by molar-refractivity contribution is 5.78. The Morgan fingerprint density at radius 2 is 2.29 bits per heavy atom. The van der Waals surface area contributed by atoms with Crippen LogP contribution in [0.3, 0.4) is 0 Å². The summed E-state index contributed by atoms with van der Waals surface area (Å²) in [7, 11) is 0. The van der Waals surface area contributed by atoms with E-state index in [1.807, 2.05) is 13.0 Å². The molecule has 4 heteroatoms. The minimum Gasteiger partial charge on any atom is -0.479 e. The third kappa shape index (κ3) is 2.32. The van der Waals surface area contributed by atoms with Gasteiger partial charge in [0, 0.05) is 0 Å². The summed E-state index contributed by atoms with van der Waals surface area (Å²) in [4.78, 5) is 21.0. The van der Waals surface area contributed by atoms with E-state index in [0.717, 1.165) is 5.56 Å². The second kappa shape index (κ2) is 4.41. The highest BCUT2D eigenvalue weighted by Gasteiger charge is 2.18. The van der Waals surface area contributed by atoms with Crippen molar-refractivity contribution in [2.45, 2.75) is 13.0 Å². The number of hydrogen-bond acceptors (Lipinski definition) is 2. The largest absolute Gasteiger partial charge is 0.479 e. The van der Waals surface area contributed by atoms with Crippen molar-refractivity contribution in [3.05, 3.63) is 35.4 Å². The molecule has 0 radical (unpaired) electrons. The number of aryl methyl sites for hydroxylation is 1. The molecule has 1 unspecified atom stereocenters. The number of carboxylic acid groups (broad SMARTS) is 1. The summed E-state index contributed by atoms with van der Waals surface area (Å²) in [6, 6.07) is 6.06. The van der Waals surface area contributed by atoms with Crippen molar-refractivity contribution < 1.29 is 14.7 Å². The second-order valence-corrected chi connectivity index (χ2v) is 2.97. The quantitative estimate of drug-likeness (QED) is 0.697. The molecular formula is C10H11NO3. The zero-order valence-corrected chi connectivity index (χ0v) is 7.73. The Labute approximate surface area is 81.6 Å². The summed E-state index contributed by atoms with van der Waals surface area (Å²) in [5.74, 6) is -1.07. The third-order valence-electron chi connectivity index (χ3n) is 1.86. The van der Waals surface area contributed by atoms with Crippen molar-refractivity contribution in [2.75, 3.05) is 0 Å². The van der Waals surface area contributed by atoms with Gasteiger partial charge in [0.05, 0.1) is 0 Å². The predicted molar refractivity (Wildman–Crippen MR) is 50.8 cm³/mol. The van der Waals surface area contributed by atoms with Crippen LogP contribution in [0.4, 0.5) is 0 Å². The molecule has 0 saturated carbocycles. The van der Waals surface area contributed by atoms with Gasteiger partial charge >= 0.3 is 5.97 Å². The summed E-state index contributed by atoms with van der Waals surface area (Å²) in [5.41, 5.74) is 1.53. The molecule has 1 aromatic rings. The highest BCUT2D eigenvalue weighted by atomic mass is 16.4. The molecule has 1 amide bonds. The zero-order chi connectivity index (χ0) is 10.6. The number of carbonyl (C=O) groups is 2. The van der Waals surface area contributed by atoms with Crippen molar-refractivity contribution in [1.82, 2.24) is 5.32 Å². The van der Waals surface area contributed by atoms with Gasteiger partial charge in [0.1, 0.15) is 0 Å². The van der Waals surface area contributed by atoms with Crippen LogP contribution in [-0.2, 0) is 9.59 Å². The predicted octanol–water partition coefficient (Wildman–Crippen LogP) is 0.867. The maximum atomic E-state index is 10.8. The van der Waals surface area contributed by atoms with E-state index in [9.17, 15) is 9.59 Å². The summed E-state index contributed by atoms with van der Waals surface area (Å²) in [6.45, 7) is 1.86. The lowest BCUT2D eigenvalue weighted by atomic mass is 10.1. The lowest BCUT2D eigenvalue weighted by Crippen LogP contribution is -2.27. The fourth-order valence-electron chi connectivity index (χ4n) is 1.23. The van der Waals surface area contributed by atoms with Gasteiger partial charge in [0.15, 0.2) is 6.04 Å². The van der Waals surface area contributed by atoms with Gasteiger partial charge in [-0.15, -0.1) is 0 Å². The second-order valence-electron chi connectivity index (χ2n) is 2.97. The molecule has 0 bridgehead atoms. The molecule has 0 aliphatic carbocycles. The fourth-order valence-corrected chi connectivity index (χ4v) is 1.23. The van der Waals surface area contributed by atoms with E-state index in [1.165, 1.54) is 0 Å². The van der Waals surface area contributed by atoms with Crippen molar-refractivity contribution in [3.8, 4) is 0 Å². The van der Waals surface area contributed by atoms with E-state index in [2.05, 4.69) is 5.32 Å². The summed E-state index contributed by atoms with van der Waals surface area (Å²) in [5, 5.41) is 11.1. The van der Waals surface area contributed by atoms with Gasteiger partial charge in [0.2, 0.25) is 6.41 Å². The van der Waals surface area contributed by atoms with E-state index in [-0.39, 0.29) is 0 Å². The van der Waals surface area contributed by atoms with E-state index >= 15 is 0 Å². The monoisotopic (exact) mass is 193 g/mol. The Balaban J connectivity index is 2.98. The Morgan fingerprint density at radius 3 is 2.79 bits per heavy atom. The molecule has 0 heterocycles. The molecular weight excluding hydrogens is 182 g/mol. The number of rotatable bonds is 4. The Morgan fingerprint density at radius 1 is 1.57 bits per heavy atom. The number of benzene rings is 1. The van der Waals surface area contributed by atoms with Crippen LogP contribution in [-0.4, -0.2) is 17.5 Å². The normalized spacial score (nSPS) is 11.8. The van der Waals surface area contributed by atoms with Gasteiger partial charge in [-0.2, -0.15) is 0 Å². The van der Waals surface area contributed by atoms with Crippen molar-refractivity contribution in [2.24, 2.45) is 0 Å². The van der Waals surface area contributed by atoms with Gasteiger partial charge < -0.3 is 10.4 Å². The maximum absolute atomic E-state index is 10.8. The summed E-state index contributed by atoms with van der Waals surface area (Å²) in [6.07, 6.45) is 0.390. The lowest BCUT2D eigenvalue weighted by Gasteiger charge is -2.11.